The molecule has 1 rings (SSSR count). The predicted octanol–water partition coefficient (Wildman–Crippen LogP) is 1.70. The molecule has 1 amide bonds. The number of thiocarbonyl (C=S) groups is 1. The normalized spacial score (nSPS) is 11.9. The molecule has 0 aliphatic carbocycles. The number of carbonyl (C=O) groups is 1. The van der Waals surface area contributed by atoms with E-state index in [1.165, 1.54) is 0 Å². The van der Waals surface area contributed by atoms with E-state index in [1.807, 2.05) is 6.92 Å². The number of nitrogens with two attached hydrogens (primary N) is 1. The van der Waals surface area contributed by atoms with E-state index in [1.54, 1.807) is 31.2 Å². The molecule has 1 aromatic rings. The number of anilines is 1. The fraction of sp³-hybridized carbons (Fsp3) is 0.429. The standard InChI is InChI=1S/C14H20N2O3S/c1-3-18-7-8-19-10(2)14(17)16-12-6-4-5-11(9-12)13(15)20/h4-6,9-10H,3,7-8H2,1-2H3,(H2,15,20)(H,16,17). The Morgan fingerprint density at radius 2 is 2.20 bits per heavy atom. The smallest absolute Gasteiger partial charge is 0.253 e. The molecule has 1 aromatic carbocycles. The number of hydrogen-bond donors (Lipinski definition) is 2. The van der Waals surface area contributed by atoms with Gasteiger partial charge in [-0.2, -0.15) is 0 Å². The molecule has 0 heterocycles. The maximum atomic E-state index is 11.9. The van der Waals surface area contributed by atoms with Gasteiger partial charge in [0.2, 0.25) is 0 Å². The summed E-state index contributed by atoms with van der Waals surface area (Å²) in [6, 6.07) is 7.07. The van der Waals surface area contributed by atoms with E-state index in [0.29, 0.717) is 36.1 Å². The zero-order chi connectivity index (χ0) is 15.0. The van der Waals surface area contributed by atoms with Gasteiger partial charge in [-0.05, 0) is 26.0 Å². The highest BCUT2D eigenvalue weighted by Crippen LogP contribution is 2.11. The second-order valence-electron chi connectivity index (χ2n) is 4.14. The molecule has 0 saturated heterocycles. The van der Waals surface area contributed by atoms with Crippen LogP contribution in [-0.2, 0) is 14.3 Å². The van der Waals surface area contributed by atoms with Crippen LogP contribution in [0.3, 0.4) is 0 Å². The van der Waals surface area contributed by atoms with Crippen molar-refractivity contribution in [3.8, 4) is 0 Å². The first kappa shape index (κ1) is 16.6. The van der Waals surface area contributed by atoms with Crippen molar-refractivity contribution in [1.82, 2.24) is 0 Å². The molecule has 0 bridgehead atoms. The third kappa shape index (κ3) is 5.64. The van der Waals surface area contributed by atoms with Crippen LogP contribution in [0.5, 0.6) is 0 Å². The molecule has 1 unspecified atom stereocenters. The van der Waals surface area contributed by atoms with E-state index in [9.17, 15) is 4.79 Å². The van der Waals surface area contributed by atoms with Crippen LogP contribution < -0.4 is 11.1 Å². The fourth-order valence-electron chi connectivity index (χ4n) is 1.50. The topological polar surface area (TPSA) is 73.6 Å². The summed E-state index contributed by atoms with van der Waals surface area (Å²) in [7, 11) is 0. The number of benzene rings is 1. The van der Waals surface area contributed by atoms with Gasteiger partial charge in [0, 0.05) is 17.9 Å². The molecular formula is C14H20N2O3S. The van der Waals surface area contributed by atoms with Gasteiger partial charge in [-0.3, -0.25) is 4.79 Å². The van der Waals surface area contributed by atoms with Crippen LogP contribution in [0.2, 0.25) is 0 Å². The Hall–Kier alpha value is -1.50. The highest BCUT2D eigenvalue weighted by molar-refractivity contribution is 7.80. The van der Waals surface area contributed by atoms with Gasteiger partial charge in [0.05, 0.1) is 13.2 Å². The predicted molar refractivity (Wildman–Crippen MR) is 82.9 cm³/mol. The molecule has 0 spiro atoms. The minimum Gasteiger partial charge on any atom is -0.389 e. The molecule has 0 radical (unpaired) electrons. The van der Waals surface area contributed by atoms with Gasteiger partial charge in [0.1, 0.15) is 11.1 Å². The van der Waals surface area contributed by atoms with Gasteiger partial charge in [0.15, 0.2) is 0 Å². The van der Waals surface area contributed by atoms with Gasteiger partial charge in [-0.15, -0.1) is 0 Å². The SMILES string of the molecule is CCOCCOC(C)C(=O)Nc1cccc(C(N)=S)c1. The summed E-state index contributed by atoms with van der Waals surface area (Å²) < 4.78 is 10.5. The number of ether oxygens (including phenoxy) is 2. The van der Waals surface area contributed by atoms with Crippen molar-refractivity contribution in [3.63, 3.8) is 0 Å². The van der Waals surface area contributed by atoms with E-state index >= 15 is 0 Å². The number of amides is 1. The Kier molecular flexibility index (Phi) is 7.14. The molecule has 0 aliphatic rings. The minimum atomic E-state index is -0.552. The van der Waals surface area contributed by atoms with Gasteiger partial charge >= 0.3 is 0 Å². The first-order chi connectivity index (χ1) is 9.54. The van der Waals surface area contributed by atoms with Crippen molar-refractivity contribution in [2.24, 2.45) is 5.73 Å². The largest absolute Gasteiger partial charge is 0.389 e. The molecule has 1 atom stereocenters. The van der Waals surface area contributed by atoms with E-state index in [0.717, 1.165) is 0 Å². The summed E-state index contributed by atoms with van der Waals surface area (Å²) in [5.74, 6) is -0.221. The maximum Gasteiger partial charge on any atom is 0.253 e. The second kappa shape index (κ2) is 8.63. The zero-order valence-corrected chi connectivity index (χ0v) is 12.5. The van der Waals surface area contributed by atoms with Crippen molar-refractivity contribution in [1.29, 1.82) is 0 Å². The highest BCUT2D eigenvalue weighted by Gasteiger charge is 2.13. The Labute approximate surface area is 124 Å². The van der Waals surface area contributed by atoms with E-state index in [2.05, 4.69) is 5.32 Å². The third-order valence-corrected chi connectivity index (χ3v) is 2.82. The first-order valence-corrected chi connectivity index (χ1v) is 6.85. The number of rotatable bonds is 8. The maximum absolute atomic E-state index is 11.9. The van der Waals surface area contributed by atoms with Crippen LogP contribution >= 0.6 is 12.2 Å². The summed E-state index contributed by atoms with van der Waals surface area (Å²) in [6.45, 7) is 5.10. The lowest BCUT2D eigenvalue weighted by molar-refractivity contribution is -0.127. The summed E-state index contributed by atoms with van der Waals surface area (Å²) >= 11 is 4.90. The van der Waals surface area contributed by atoms with Crippen LogP contribution in [0.15, 0.2) is 24.3 Å². The molecule has 0 saturated carbocycles. The molecule has 0 fully saturated rings. The van der Waals surface area contributed by atoms with E-state index in [-0.39, 0.29) is 5.91 Å². The fourth-order valence-corrected chi connectivity index (χ4v) is 1.62. The molecule has 0 aromatic heterocycles. The summed E-state index contributed by atoms with van der Waals surface area (Å²) in [4.78, 5) is 12.2. The van der Waals surface area contributed by atoms with Gasteiger partial charge < -0.3 is 20.5 Å². The average molecular weight is 296 g/mol. The second-order valence-corrected chi connectivity index (χ2v) is 4.58. The van der Waals surface area contributed by atoms with Crippen molar-refractivity contribution < 1.29 is 14.3 Å². The van der Waals surface area contributed by atoms with Crippen molar-refractivity contribution in [2.45, 2.75) is 20.0 Å². The Morgan fingerprint density at radius 1 is 1.45 bits per heavy atom. The monoisotopic (exact) mass is 296 g/mol. The minimum absolute atomic E-state index is 0.221. The van der Waals surface area contributed by atoms with Crippen LogP contribution in [0, 0.1) is 0 Å². The van der Waals surface area contributed by atoms with Crippen LogP contribution in [-0.4, -0.2) is 36.8 Å². The van der Waals surface area contributed by atoms with Gasteiger partial charge in [-0.25, -0.2) is 0 Å². The third-order valence-electron chi connectivity index (χ3n) is 2.58. The summed E-state index contributed by atoms with van der Waals surface area (Å²) in [5.41, 5.74) is 6.90. The van der Waals surface area contributed by atoms with Crippen molar-refractivity contribution in [3.05, 3.63) is 29.8 Å². The van der Waals surface area contributed by atoms with Crippen molar-refractivity contribution >= 4 is 28.8 Å². The molecule has 20 heavy (non-hydrogen) atoms. The lowest BCUT2D eigenvalue weighted by Crippen LogP contribution is -2.29. The van der Waals surface area contributed by atoms with E-state index < -0.39 is 6.10 Å². The molecule has 5 nitrogen and oxygen atoms in total. The molecule has 3 N–H and O–H groups in total. The summed E-state index contributed by atoms with van der Waals surface area (Å²) in [6.07, 6.45) is -0.552. The molecule has 6 heteroatoms. The Morgan fingerprint density at radius 3 is 2.85 bits per heavy atom. The first-order valence-electron chi connectivity index (χ1n) is 6.44. The Bertz CT molecular complexity index is 465. The Balaban J connectivity index is 2.48. The number of nitrogens with one attached hydrogen (secondary N) is 1. The van der Waals surface area contributed by atoms with Crippen molar-refractivity contribution in [2.75, 3.05) is 25.1 Å². The lowest BCUT2D eigenvalue weighted by Gasteiger charge is -2.13. The molecular weight excluding hydrogens is 276 g/mol. The zero-order valence-electron chi connectivity index (χ0n) is 11.7. The van der Waals surface area contributed by atoms with E-state index in [4.69, 9.17) is 27.4 Å². The molecule has 110 valence electrons. The van der Waals surface area contributed by atoms with Gasteiger partial charge in [0.25, 0.3) is 5.91 Å². The number of hydrogen-bond acceptors (Lipinski definition) is 4. The lowest BCUT2D eigenvalue weighted by atomic mass is 10.2. The molecule has 0 aliphatic heterocycles. The average Bonchev–Trinajstić information content (AvgIpc) is 2.43. The van der Waals surface area contributed by atoms with Crippen LogP contribution in [0.4, 0.5) is 5.69 Å². The van der Waals surface area contributed by atoms with Crippen LogP contribution in [0.1, 0.15) is 19.4 Å². The highest BCUT2D eigenvalue weighted by atomic mass is 32.1. The summed E-state index contributed by atoms with van der Waals surface area (Å²) in [5, 5.41) is 2.76. The van der Waals surface area contributed by atoms with Gasteiger partial charge in [-0.1, -0.05) is 24.4 Å². The van der Waals surface area contributed by atoms with Crippen LogP contribution in [0.25, 0.3) is 0 Å². The quantitative estimate of drug-likeness (QED) is 0.564. The number of carbonyl (C=O) groups excluding carboxylic acids is 1.